The Morgan fingerprint density at radius 3 is 2.00 bits per heavy atom. The lowest BCUT2D eigenvalue weighted by molar-refractivity contribution is 0.00639. The number of amides is 2. The van der Waals surface area contributed by atoms with Crippen molar-refractivity contribution >= 4 is 20.5 Å². The lowest BCUT2D eigenvalue weighted by Gasteiger charge is -2.42. The zero-order valence-corrected chi connectivity index (χ0v) is 22.5. The number of ether oxygens (including phenoxy) is 2. The summed E-state index contributed by atoms with van der Waals surface area (Å²) in [6.45, 7) is 23.6. The van der Waals surface area contributed by atoms with Crippen LogP contribution in [0.4, 0.5) is 9.59 Å². The van der Waals surface area contributed by atoms with Crippen molar-refractivity contribution < 1.29 is 23.5 Å². The van der Waals surface area contributed by atoms with Crippen LogP contribution in [-0.4, -0.2) is 62.3 Å². The summed E-state index contributed by atoms with van der Waals surface area (Å²) in [6, 6.07) is -0.0454. The molecule has 0 aromatic rings. The maximum atomic E-state index is 12.6. The first-order valence-corrected chi connectivity index (χ1v) is 14.1. The molecule has 2 N–H and O–H groups in total. The van der Waals surface area contributed by atoms with E-state index in [0.29, 0.717) is 26.1 Å². The van der Waals surface area contributed by atoms with Crippen LogP contribution in [0.15, 0.2) is 0 Å². The van der Waals surface area contributed by atoms with E-state index in [1.807, 2.05) is 41.5 Å². The molecule has 182 valence electrons. The molecule has 1 saturated heterocycles. The first-order valence-electron chi connectivity index (χ1n) is 11.2. The smallest absolute Gasteiger partial charge is 0.422 e. The van der Waals surface area contributed by atoms with Crippen molar-refractivity contribution in [1.82, 2.24) is 15.8 Å². The van der Waals surface area contributed by atoms with Crippen molar-refractivity contribution in [1.29, 1.82) is 0 Å². The summed E-state index contributed by atoms with van der Waals surface area (Å²) >= 11 is 0. The molecule has 0 aliphatic carbocycles. The molecule has 0 spiro atoms. The van der Waals surface area contributed by atoms with E-state index in [1.54, 1.807) is 4.90 Å². The second-order valence-corrected chi connectivity index (χ2v) is 16.7. The van der Waals surface area contributed by atoms with Gasteiger partial charge < -0.3 is 18.8 Å². The third-order valence-electron chi connectivity index (χ3n) is 5.61. The third kappa shape index (κ3) is 9.78. The zero-order valence-electron chi connectivity index (χ0n) is 21.5. The number of carbonyl (C=O) groups is 2. The quantitative estimate of drug-likeness (QED) is 0.459. The van der Waals surface area contributed by atoms with E-state index < -0.39 is 25.6 Å². The fourth-order valence-corrected chi connectivity index (χ4v) is 3.93. The van der Waals surface area contributed by atoms with Crippen LogP contribution >= 0.6 is 0 Å². The molecule has 8 nitrogen and oxygen atoms in total. The molecule has 1 rings (SSSR count). The van der Waals surface area contributed by atoms with Gasteiger partial charge in [-0.1, -0.05) is 20.8 Å². The number of piperidine rings is 1. The fraction of sp³-hybridized carbons (Fsp3) is 0.909. The molecule has 0 saturated carbocycles. The van der Waals surface area contributed by atoms with Crippen molar-refractivity contribution in [3.8, 4) is 0 Å². The summed E-state index contributed by atoms with van der Waals surface area (Å²) in [7, 11) is -1.96. The van der Waals surface area contributed by atoms with Crippen LogP contribution in [0.1, 0.15) is 68.7 Å². The fourth-order valence-electron chi connectivity index (χ4n) is 2.87. The topological polar surface area (TPSA) is 89.1 Å². The summed E-state index contributed by atoms with van der Waals surface area (Å²) in [5.74, 6) is 0.00494. The molecular formula is C22H45N3O5Si. The Bertz CT molecular complexity index is 620. The highest BCUT2D eigenvalue weighted by atomic mass is 28.4. The van der Waals surface area contributed by atoms with Gasteiger partial charge in [-0.05, 0) is 66.1 Å². The largest absolute Gasteiger partial charge is 0.444 e. The number of nitrogens with zero attached hydrogens (tertiary/aromatic N) is 1. The second kappa shape index (κ2) is 10.1. The minimum atomic E-state index is -1.96. The van der Waals surface area contributed by atoms with Gasteiger partial charge in [0.25, 0.3) is 0 Å². The summed E-state index contributed by atoms with van der Waals surface area (Å²) in [6.07, 6.45) is -0.171. The van der Waals surface area contributed by atoms with Crippen LogP contribution in [0, 0.1) is 5.92 Å². The normalized spacial score (nSPS) is 20.9. The SMILES string of the molecule is CC(C)(C)OC(=O)NNC1CCN(C(=O)OC(C)(C)C)CC1CO[Si](C)(C)C(C)(C)C. The molecule has 1 aliphatic heterocycles. The maximum Gasteiger partial charge on any atom is 0.422 e. The molecule has 0 radical (unpaired) electrons. The number of hydrogen-bond donors (Lipinski definition) is 2. The van der Waals surface area contributed by atoms with Crippen LogP contribution in [0.2, 0.25) is 18.1 Å². The standard InChI is InChI=1S/C22H45N3O5Si/c1-20(2,3)29-18(26)24-23-17-12-13-25(19(27)30-21(4,5)6)14-16(17)15-28-31(10,11)22(7,8)9/h16-17,23H,12-15H2,1-11H3,(H,24,26). The molecule has 2 atom stereocenters. The van der Waals surface area contributed by atoms with Crippen molar-refractivity contribution in [3.63, 3.8) is 0 Å². The second-order valence-electron chi connectivity index (χ2n) is 11.9. The number of likely N-dealkylation sites (tertiary alicyclic amines) is 1. The molecule has 1 fully saturated rings. The lowest BCUT2D eigenvalue weighted by Crippen LogP contribution is -2.58. The number of nitrogens with one attached hydrogen (secondary N) is 2. The van der Waals surface area contributed by atoms with Gasteiger partial charge in [-0.2, -0.15) is 0 Å². The van der Waals surface area contributed by atoms with E-state index in [-0.39, 0.29) is 23.1 Å². The van der Waals surface area contributed by atoms with E-state index in [9.17, 15) is 9.59 Å². The summed E-state index contributed by atoms with van der Waals surface area (Å²) < 4.78 is 17.3. The van der Waals surface area contributed by atoms with Crippen molar-refractivity contribution in [2.24, 2.45) is 5.92 Å². The van der Waals surface area contributed by atoms with Gasteiger partial charge in [0.05, 0.1) is 0 Å². The van der Waals surface area contributed by atoms with Crippen LogP contribution in [0.3, 0.4) is 0 Å². The molecular weight excluding hydrogens is 414 g/mol. The van der Waals surface area contributed by atoms with Gasteiger partial charge in [-0.15, -0.1) is 0 Å². The molecule has 31 heavy (non-hydrogen) atoms. The molecule has 2 unspecified atom stereocenters. The van der Waals surface area contributed by atoms with Gasteiger partial charge >= 0.3 is 12.2 Å². The lowest BCUT2D eigenvalue weighted by atomic mass is 9.93. The van der Waals surface area contributed by atoms with Crippen molar-refractivity contribution in [2.75, 3.05) is 19.7 Å². The van der Waals surface area contributed by atoms with Crippen molar-refractivity contribution in [3.05, 3.63) is 0 Å². The first kappa shape index (κ1) is 27.7. The minimum Gasteiger partial charge on any atom is -0.444 e. The molecule has 0 bridgehead atoms. The summed E-state index contributed by atoms with van der Waals surface area (Å²) in [5.41, 5.74) is 4.65. The molecule has 1 aliphatic rings. The average molecular weight is 460 g/mol. The average Bonchev–Trinajstić information content (AvgIpc) is 2.54. The number of hydrazine groups is 1. The molecule has 2 amide bonds. The Kier molecular flexibility index (Phi) is 9.01. The summed E-state index contributed by atoms with van der Waals surface area (Å²) in [5, 5.41) is 0.0875. The Balaban J connectivity index is 2.85. The van der Waals surface area contributed by atoms with Gasteiger partial charge in [0.2, 0.25) is 0 Å². The van der Waals surface area contributed by atoms with Crippen molar-refractivity contribution in [2.45, 2.75) is 104 Å². The Morgan fingerprint density at radius 1 is 0.968 bits per heavy atom. The zero-order chi connectivity index (χ0) is 24.3. The van der Waals surface area contributed by atoms with Crippen LogP contribution < -0.4 is 10.9 Å². The Morgan fingerprint density at radius 2 is 1.52 bits per heavy atom. The Hall–Kier alpha value is -1.32. The van der Waals surface area contributed by atoms with Gasteiger partial charge in [-0.25, -0.2) is 15.0 Å². The van der Waals surface area contributed by atoms with Crippen LogP contribution in [0.25, 0.3) is 0 Å². The van der Waals surface area contributed by atoms with Crippen LogP contribution in [0.5, 0.6) is 0 Å². The van der Waals surface area contributed by atoms with Crippen LogP contribution in [-0.2, 0) is 13.9 Å². The molecule has 0 aromatic heterocycles. The molecule has 1 heterocycles. The molecule has 0 aromatic carbocycles. The predicted molar refractivity (Wildman–Crippen MR) is 125 cm³/mol. The van der Waals surface area contributed by atoms with Gasteiger partial charge in [-0.3, -0.25) is 5.43 Å². The Labute approximate surface area is 189 Å². The van der Waals surface area contributed by atoms with E-state index in [0.717, 1.165) is 0 Å². The summed E-state index contributed by atoms with van der Waals surface area (Å²) in [4.78, 5) is 26.4. The highest BCUT2D eigenvalue weighted by molar-refractivity contribution is 6.74. The monoisotopic (exact) mass is 459 g/mol. The van der Waals surface area contributed by atoms with Gasteiger partial charge in [0.15, 0.2) is 8.32 Å². The van der Waals surface area contributed by atoms with E-state index >= 15 is 0 Å². The molecule has 9 heteroatoms. The first-order chi connectivity index (χ1) is 13.8. The van der Waals surface area contributed by atoms with E-state index in [2.05, 4.69) is 44.7 Å². The van der Waals surface area contributed by atoms with Gasteiger partial charge in [0, 0.05) is 31.7 Å². The predicted octanol–water partition coefficient (Wildman–Crippen LogP) is 4.66. The maximum absolute atomic E-state index is 12.6. The third-order valence-corrected chi connectivity index (χ3v) is 10.1. The number of rotatable bonds is 5. The highest BCUT2D eigenvalue weighted by Crippen LogP contribution is 2.37. The van der Waals surface area contributed by atoms with Gasteiger partial charge in [0.1, 0.15) is 11.2 Å². The van der Waals surface area contributed by atoms with E-state index in [4.69, 9.17) is 13.9 Å². The highest BCUT2D eigenvalue weighted by Gasteiger charge is 2.40. The number of hydrogen-bond acceptors (Lipinski definition) is 6. The van der Waals surface area contributed by atoms with E-state index in [1.165, 1.54) is 0 Å². The number of carbonyl (C=O) groups excluding carboxylic acids is 2. The minimum absolute atomic E-state index is 0.00494.